The van der Waals surface area contributed by atoms with Crippen LogP contribution >= 0.6 is 11.6 Å². The van der Waals surface area contributed by atoms with Crippen LogP contribution in [0.25, 0.3) is 0 Å². The van der Waals surface area contributed by atoms with E-state index in [4.69, 9.17) is 21.1 Å². The van der Waals surface area contributed by atoms with E-state index in [1.54, 1.807) is 0 Å². The zero-order valence-corrected chi connectivity index (χ0v) is 10.4. The van der Waals surface area contributed by atoms with Gasteiger partial charge in [0.25, 0.3) is 0 Å². The normalized spacial score (nSPS) is 10.2. The lowest BCUT2D eigenvalue weighted by atomic mass is 10.6. The molecular formula is C9H15ClN4O2. The second kappa shape index (κ2) is 6.44. The highest BCUT2D eigenvalue weighted by Crippen LogP contribution is 2.13. The Morgan fingerprint density at radius 3 is 2.69 bits per heavy atom. The molecule has 1 rings (SSSR count). The molecule has 0 saturated carbocycles. The van der Waals surface area contributed by atoms with E-state index in [0.717, 1.165) is 0 Å². The van der Waals surface area contributed by atoms with E-state index in [1.165, 1.54) is 7.11 Å². The average molecular weight is 247 g/mol. The summed E-state index contributed by atoms with van der Waals surface area (Å²) >= 11 is 5.73. The van der Waals surface area contributed by atoms with Crippen molar-refractivity contribution in [2.75, 3.05) is 38.8 Å². The van der Waals surface area contributed by atoms with Gasteiger partial charge in [-0.25, -0.2) is 0 Å². The van der Waals surface area contributed by atoms with Gasteiger partial charge in [0.05, 0.1) is 13.7 Å². The number of hydrogen-bond acceptors (Lipinski definition) is 6. The van der Waals surface area contributed by atoms with Crippen molar-refractivity contribution in [3.05, 3.63) is 5.28 Å². The fraction of sp³-hybridized carbons (Fsp3) is 0.667. The quantitative estimate of drug-likeness (QED) is 0.698. The molecule has 7 heteroatoms. The molecule has 0 amide bonds. The highest BCUT2D eigenvalue weighted by Gasteiger charge is 2.09. The monoisotopic (exact) mass is 246 g/mol. The third-order valence-electron chi connectivity index (χ3n) is 1.87. The second-order valence-corrected chi connectivity index (χ2v) is 3.35. The second-order valence-electron chi connectivity index (χ2n) is 3.01. The number of rotatable bonds is 6. The lowest BCUT2D eigenvalue weighted by Gasteiger charge is -2.16. The van der Waals surface area contributed by atoms with E-state index >= 15 is 0 Å². The number of likely N-dealkylation sites (N-methyl/N-ethyl adjacent to an activating group) is 1. The first-order valence-electron chi connectivity index (χ1n) is 4.91. The lowest BCUT2D eigenvalue weighted by molar-refractivity contribution is 0.154. The number of halogens is 1. The van der Waals surface area contributed by atoms with Gasteiger partial charge in [-0.2, -0.15) is 15.0 Å². The molecule has 6 nitrogen and oxygen atoms in total. The Morgan fingerprint density at radius 1 is 1.31 bits per heavy atom. The van der Waals surface area contributed by atoms with Gasteiger partial charge in [0, 0.05) is 20.2 Å². The third kappa shape index (κ3) is 3.79. The Labute approximate surface area is 99.6 Å². The largest absolute Gasteiger partial charge is 0.467 e. The van der Waals surface area contributed by atoms with Crippen LogP contribution in [0.1, 0.15) is 6.92 Å². The summed E-state index contributed by atoms with van der Waals surface area (Å²) in [6, 6.07) is 0.207. The SMILES string of the molecule is CCOCCN(C)c1nc(Cl)nc(OC)n1. The third-order valence-corrected chi connectivity index (χ3v) is 2.04. The van der Waals surface area contributed by atoms with Crippen molar-refractivity contribution in [1.82, 2.24) is 15.0 Å². The Balaban J connectivity index is 2.66. The van der Waals surface area contributed by atoms with Crippen LogP contribution in [0.5, 0.6) is 6.01 Å². The summed E-state index contributed by atoms with van der Waals surface area (Å²) in [6.07, 6.45) is 0. The molecule has 0 aromatic carbocycles. The minimum absolute atomic E-state index is 0.116. The first-order valence-corrected chi connectivity index (χ1v) is 5.29. The molecule has 0 saturated heterocycles. The predicted octanol–water partition coefficient (Wildman–Crippen LogP) is 1.01. The highest BCUT2D eigenvalue weighted by atomic mass is 35.5. The number of nitrogens with zero attached hydrogens (tertiary/aromatic N) is 4. The molecule has 0 aliphatic carbocycles. The van der Waals surface area contributed by atoms with Gasteiger partial charge in [-0.05, 0) is 18.5 Å². The van der Waals surface area contributed by atoms with Crippen LogP contribution in [0, 0.1) is 0 Å². The highest BCUT2D eigenvalue weighted by molar-refractivity contribution is 6.28. The van der Waals surface area contributed by atoms with Gasteiger partial charge in [0.2, 0.25) is 11.2 Å². The number of aromatic nitrogens is 3. The maximum atomic E-state index is 5.73. The van der Waals surface area contributed by atoms with Gasteiger partial charge in [0.1, 0.15) is 0 Å². The Kier molecular flexibility index (Phi) is 5.21. The van der Waals surface area contributed by atoms with E-state index in [-0.39, 0.29) is 11.3 Å². The van der Waals surface area contributed by atoms with Crippen LogP contribution < -0.4 is 9.64 Å². The summed E-state index contributed by atoms with van der Waals surface area (Å²) in [5, 5.41) is 0.116. The average Bonchev–Trinajstić information content (AvgIpc) is 2.28. The van der Waals surface area contributed by atoms with Crippen LogP contribution in [0.15, 0.2) is 0 Å². The van der Waals surface area contributed by atoms with Crippen molar-refractivity contribution in [3.8, 4) is 6.01 Å². The number of ether oxygens (including phenoxy) is 2. The van der Waals surface area contributed by atoms with Crippen molar-refractivity contribution >= 4 is 17.5 Å². The van der Waals surface area contributed by atoms with Crippen molar-refractivity contribution in [1.29, 1.82) is 0 Å². The van der Waals surface area contributed by atoms with Crippen LogP contribution in [-0.4, -0.2) is 48.9 Å². The minimum Gasteiger partial charge on any atom is -0.467 e. The van der Waals surface area contributed by atoms with Crippen molar-refractivity contribution in [2.45, 2.75) is 6.92 Å². The van der Waals surface area contributed by atoms with Crippen LogP contribution in [0.3, 0.4) is 0 Å². The first kappa shape index (κ1) is 12.9. The Hall–Kier alpha value is -1.14. The molecule has 1 heterocycles. The van der Waals surface area contributed by atoms with Crippen molar-refractivity contribution in [2.24, 2.45) is 0 Å². The zero-order valence-electron chi connectivity index (χ0n) is 9.60. The summed E-state index contributed by atoms with van der Waals surface area (Å²) in [6.45, 7) is 3.92. The lowest BCUT2D eigenvalue weighted by Crippen LogP contribution is -2.25. The molecule has 0 unspecified atom stereocenters. The van der Waals surface area contributed by atoms with Crippen molar-refractivity contribution < 1.29 is 9.47 Å². The summed E-state index contributed by atoms with van der Waals surface area (Å²) in [4.78, 5) is 13.7. The van der Waals surface area contributed by atoms with Gasteiger partial charge in [-0.3, -0.25) is 0 Å². The predicted molar refractivity (Wildman–Crippen MR) is 61.2 cm³/mol. The van der Waals surface area contributed by atoms with E-state index in [2.05, 4.69) is 15.0 Å². The molecule has 0 aliphatic rings. The molecular weight excluding hydrogens is 232 g/mol. The smallest absolute Gasteiger partial charge is 0.322 e. The molecule has 1 aromatic rings. The summed E-state index contributed by atoms with van der Waals surface area (Å²) in [5.41, 5.74) is 0. The topological polar surface area (TPSA) is 60.4 Å². The summed E-state index contributed by atoms with van der Waals surface area (Å²) < 4.78 is 10.1. The van der Waals surface area contributed by atoms with Crippen LogP contribution in [-0.2, 0) is 4.74 Å². The van der Waals surface area contributed by atoms with Gasteiger partial charge in [0.15, 0.2) is 0 Å². The molecule has 0 spiro atoms. The van der Waals surface area contributed by atoms with Gasteiger partial charge < -0.3 is 14.4 Å². The van der Waals surface area contributed by atoms with Crippen LogP contribution in [0.4, 0.5) is 5.95 Å². The maximum Gasteiger partial charge on any atom is 0.322 e. The van der Waals surface area contributed by atoms with E-state index < -0.39 is 0 Å². The molecule has 0 aliphatic heterocycles. The molecule has 0 atom stereocenters. The van der Waals surface area contributed by atoms with E-state index in [0.29, 0.717) is 25.7 Å². The number of anilines is 1. The Bertz CT molecular complexity index is 337. The van der Waals surface area contributed by atoms with Gasteiger partial charge in [-0.1, -0.05) is 0 Å². The molecule has 90 valence electrons. The Morgan fingerprint density at radius 2 is 2.06 bits per heavy atom. The maximum absolute atomic E-state index is 5.73. The molecule has 1 aromatic heterocycles. The molecule has 0 N–H and O–H groups in total. The molecule has 0 fully saturated rings. The molecule has 0 radical (unpaired) electrons. The number of hydrogen-bond donors (Lipinski definition) is 0. The van der Waals surface area contributed by atoms with Gasteiger partial charge in [-0.15, -0.1) is 0 Å². The summed E-state index contributed by atoms with van der Waals surface area (Å²) in [5.74, 6) is 0.469. The van der Waals surface area contributed by atoms with Crippen LogP contribution in [0.2, 0.25) is 5.28 Å². The molecule has 0 bridgehead atoms. The molecule has 16 heavy (non-hydrogen) atoms. The zero-order chi connectivity index (χ0) is 12.0. The fourth-order valence-electron chi connectivity index (χ4n) is 1.03. The van der Waals surface area contributed by atoms with Crippen molar-refractivity contribution in [3.63, 3.8) is 0 Å². The first-order chi connectivity index (χ1) is 7.67. The van der Waals surface area contributed by atoms with Gasteiger partial charge >= 0.3 is 6.01 Å². The standard InChI is InChI=1S/C9H15ClN4O2/c1-4-16-6-5-14(2)8-11-7(10)12-9(13-8)15-3/h4-6H2,1-3H3. The fourth-order valence-corrected chi connectivity index (χ4v) is 1.18. The van der Waals surface area contributed by atoms with E-state index in [1.807, 2.05) is 18.9 Å². The summed E-state index contributed by atoms with van der Waals surface area (Å²) in [7, 11) is 3.33. The minimum atomic E-state index is 0.116. The van der Waals surface area contributed by atoms with E-state index in [9.17, 15) is 0 Å². The number of methoxy groups -OCH3 is 1.